The van der Waals surface area contributed by atoms with Crippen molar-refractivity contribution in [2.45, 2.75) is 25.9 Å². The van der Waals surface area contributed by atoms with E-state index in [0.29, 0.717) is 5.92 Å². The van der Waals surface area contributed by atoms with Gasteiger partial charge in [0.15, 0.2) is 5.84 Å². The van der Waals surface area contributed by atoms with Gasteiger partial charge in [-0.05, 0) is 83.5 Å². The van der Waals surface area contributed by atoms with Crippen LogP contribution in [-0.4, -0.2) is 11.7 Å². The predicted octanol–water partition coefficient (Wildman–Crippen LogP) is 12.5. The van der Waals surface area contributed by atoms with Crippen molar-refractivity contribution < 1.29 is 4.42 Å². The van der Waals surface area contributed by atoms with Gasteiger partial charge in [-0.1, -0.05) is 146 Å². The minimum atomic E-state index is -0.292. The summed E-state index contributed by atoms with van der Waals surface area (Å²) in [6.07, 6.45) is 17.1. The maximum absolute atomic E-state index is 6.89. The third kappa shape index (κ3) is 6.17. The van der Waals surface area contributed by atoms with Crippen molar-refractivity contribution in [3.05, 3.63) is 209 Å². The van der Waals surface area contributed by atoms with Crippen molar-refractivity contribution in [3.63, 3.8) is 0 Å². The van der Waals surface area contributed by atoms with E-state index in [9.17, 15) is 0 Å². The SMILES string of the molecule is C[C@@H]1C=CC=C(N(c2ccc(-c3ccccc3)cc2)c2cccc3oc4c5c(c(C6=NC(c7ccccc7)NC(c7ccccc7)=N6)cc4c23)CCC=C5)C=C1. The third-order valence-electron chi connectivity index (χ3n) is 10.9. The molecular weight excluding hydrogens is 685 g/mol. The molecule has 0 saturated carbocycles. The van der Waals surface area contributed by atoms with Crippen LogP contribution < -0.4 is 10.2 Å². The van der Waals surface area contributed by atoms with Crippen LogP contribution >= 0.6 is 0 Å². The number of benzene rings is 6. The number of fused-ring (bicyclic) bond motifs is 5. The fraction of sp³-hybridized carbons (Fsp3) is 0.0980. The first-order chi connectivity index (χ1) is 27.7. The molecule has 2 heterocycles. The number of allylic oxidation sites excluding steroid dienone is 6. The molecule has 1 N–H and O–H groups in total. The Morgan fingerprint density at radius 1 is 0.732 bits per heavy atom. The molecule has 0 saturated heterocycles. The van der Waals surface area contributed by atoms with Gasteiger partial charge in [0.05, 0.1) is 11.1 Å². The van der Waals surface area contributed by atoms with E-state index >= 15 is 0 Å². The quantitative estimate of drug-likeness (QED) is 0.178. The molecule has 2 aliphatic carbocycles. The van der Waals surface area contributed by atoms with Crippen LogP contribution in [0.1, 0.15) is 47.3 Å². The number of amidine groups is 2. The van der Waals surface area contributed by atoms with E-state index in [2.05, 4.69) is 187 Å². The van der Waals surface area contributed by atoms with Crippen LogP contribution in [0.25, 0.3) is 39.1 Å². The molecule has 7 aromatic rings. The summed E-state index contributed by atoms with van der Waals surface area (Å²) in [5, 5.41) is 5.72. The first kappa shape index (κ1) is 33.6. The van der Waals surface area contributed by atoms with E-state index in [1.807, 2.05) is 12.1 Å². The summed E-state index contributed by atoms with van der Waals surface area (Å²) in [6.45, 7) is 2.21. The van der Waals surface area contributed by atoms with Crippen LogP contribution in [0.2, 0.25) is 0 Å². The zero-order valence-electron chi connectivity index (χ0n) is 31.1. The molecule has 3 aliphatic rings. The highest BCUT2D eigenvalue weighted by atomic mass is 16.3. The van der Waals surface area contributed by atoms with Crippen molar-refractivity contribution in [1.82, 2.24) is 5.32 Å². The summed E-state index contributed by atoms with van der Waals surface area (Å²) >= 11 is 0. The molecule has 10 rings (SSSR count). The molecular formula is C51H40N4O. The van der Waals surface area contributed by atoms with Crippen molar-refractivity contribution in [2.75, 3.05) is 4.90 Å². The van der Waals surface area contributed by atoms with Crippen LogP contribution in [0.5, 0.6) is 0 Å². The average molecular weight is 725 g/mol. The van der Waals surface area contributed by atoms with Crippen molar-refractivity contribution in [2.24, 2.45) is 15.9 Å². The van der Waals surface area contributed by atoms with Crippen molar-refractivity contribution in [1.29, 1.82) is 0 Å². The van der Waals surface area contributed by atoms with E-state index in [4.69, 9.17) is 14.4 Å². The van der Waals surface area contributed by atoms with Gasteiger partial charge in [-0.2, -0.15) is 0 Å². The van der Waals surface area contributed by atoms with Gasteiger partial charge in [-0.3, -0.25) is 0 Å². The molecule has 5 nitrogen and oxygen atoms in total. The monoisotopic (exact) mass is 724 g/mol. The normalized spacial score (nSPS) is 17.5. The molecule has 0 bridgehead atoms. The lowest BCUT2D eigenvalue weighted by Gasteiger charge is -2.27. The molecule has 0 amide bonds. The average Bonchev–Trinajstić information content (AvgIpc) is 3.52. The number of anilines is 2. The lowest BCUT2D eigenvalue weighted by molar-refractivity contribution is 0.666. The third-order valence-corrected chi connectivity index (χ3v) is 10.9. The van der Waals surface area contributed by atoms with Crippen molar-refractivity contribution in [3.8, 4) is 11.1 Å². The van der Waals surface area contributed by atoms with Crippen LogP contribution in [0.4, 0.5) is 11.4 Å². The molecule has 5 heteroatoms. The van der Waals surface area contributed by atoms with E-state index < -0.39 is 0 Å². The van der Waals surface area contributed by atoms with Crippen LogP contribution in [0, 0.1) is 5.92 Å². The molecule has 56 heavy (non-hydrogen) atoms. The van der Waals surface area contributed by atoms with Crippen LogP contribution in [0.15, 0.2) is 196 Å². The Labute approximate surface area is 327 Å². The minimum Gasteiger partial charge on any atom is -0.455 e. The van der Waals surface area contributed by atoms with Crippen LogP contribution in [-0.2, 0) is 6.42 Å². The molecule has 0 fully saturated rings. The molecule has 1 aromatic heterocycles. The Bertz CT molecular complexity index is 2770. The summed E-state index contributed by atoms with van der Waals surface area (Å²) in [7, 11) is 0. The second kappa shape index (κ2) is 14.3. The van der Waals surface area contributed by atoms with Crippen molar-refractivity contribution >= 4 is 51.1 Å². The topological polar surface area (TPSA) is 53.1 Å². The standard InChI is InChI=1S/C51H40N4O/c1-34-15-13-22-39(30-27-34)55(40-31-28-36(29-32-40)35-16-5-2-6-17-35)45-25-14-26-46-47(45)44-33-43(41-23-11-12-24-42(41)48(44)56-46)51-53-49(37-18-7-3-8-19-37)52-50(54-51)38-20-9-4-10-21-38/h2-10,12-22,24-34,49H,11,23H2,1H3,(H,52,53,54)/t34-,49?/m1/s1. The number of nitrogens with one attached hydrogen (secondary N) is 1. The highest BCUT2D eigenvalue weighted by Crippen LogP contribution is 2.45. The number of aliphatic imine (C=N–C) groups is 2. The Morgan fingerprint density at radius 2 is 1.46 bits per heavy atom. The number of hydrogen-bond acceptors (Lipinski definition) is 5. The Kier molecular flexibility index (Phi) is 8.60. The first-order valence-electron chi connectivity index (χ1n) is 19.4. The van der Waals surface area contributed by atoms with E-state index in [1.54, 1.807) is 0 Å². The smallest absolute Gasteiger partial charge is 0.159 e. The fourth-order valence-corrected chi connectivity index (χ4v) is 8.09. The zero-order chi connectivity index (χ0) is 37.4. The number of furan rings is 1. The number of nitrogens with zero attached hydrogens (tertiary/aromatic N) is 3. The van der Waals surface area contributed by atoms with Gasteiger partial charge in [0, 0.05) is 33.5 Å². The summed E-state index contributed by atoms with van der Waals surface area (Å²) in [5.41, 5.74) is 12.7. The summed E-state index contributed by atoms with van der Waals surface area (Å²) in [6, 6.07) is 48.9. The lowest BCUT2D eigenvalue weighted by Crippen LogP contribution is -2.33. The zero-order valence-corrected chi connectivity index (χ0v) is 31.1. The van der Waals surface area contributed by atoms with Gasteiger partial charge in [0.1, 0.15) is 23.2 Å². The molecule has 1 aliphatic heterocycles. The van der Waals surface area contributed by atoms with E-state index in [-0.39, 0.29) is 6.17 Å². The highest BCUT2D eigenvalue weighted by molar-refractivity contribution is 6.19. The summed E-state index contributed by atoms with van der Waals surface area (Å²) in [5.74, 6) is 1.85. The molecule has 1 unspecified atom stereocenters. The number of rotatable bonds is 7. The highest BCUT2D eigenvalue weighted by Gasteiger charge is 2.28. The fourth-order valence-electron chi connectivity index (χ4n) is 8.09. The second-order valence-corrected chi connectivity index (χ2v) is 14.6. The Balaban J connectivity index is 1.20. The Morgan fingerprint density at radius 3 is 2.25 bits per heavy atom. The number of hydrogen-bond donors (Lipinski definition) is 1. The largest absolute Gasteiger partial charge is 0.455 e. The van der Waals surface area contributed by atoms with E-state index in [1.165, 1.54) is 16.7 Å². The summed E-state index contributed by atoms with van der Waals surface area (Å²) in [4.78, 5) is 13.0. The second-order valence-electron chi connectivity index (χ2n) is 14.6. The maximum atomic E-state index is 6.89. The van der Waals surface area contributed by atoms with Gasteiger partial charge in [-0.15, -0.1) is 0 Å². The molecule has 270 valence electrons. The van der Waals surface area contributed by atoms with Gasteiger partial charge in [0.2, 0.25) is 0 Å². The van der Waals surface area contributed by atoms with Gasteiger partial charge >= 0.3 is 0 Å². The van der Waals surface area contributed by atoms with Crippen LogP contribution in [0.3, 0.4) is 0 Å². The summed E-state index contributed by atoms with van der Waals surface area (Å²) < 4.78 is 6.89. The first-order valence-corrected chi connectivity index (χ1v) is 19.4. The Hall–Kier alpha value is -6.98. The van der Waals surface area contributed by atoms with Gasteiger partial charge < -0.3 is 14.6 Å². The molecule has 0 spiro atoms. The molecule has 0 radical (unpaired) electrons. The maximum Gasteiger partial charge on any atom is 0.159 e. The molecule has 2 atom stereocenters. The van der Waals surface area contributed by atoms with E-state index in [0.717, 1.165) is 85.8 Å². The predicted molar refractivity (Wildman–Crippen MR) is 232 cm³/mol. The van der Waals surface area contributed by atoms with Gasteiger partial charge in [-0.25, -0.2) is 9.98 Å². The minimum absolute atomic E-state index is 0.292. The lowest BCUT2D eigenvalue weighted by atomic mass is 9.89. The van der Waals surface area contributed by atoms with Gasteiger partial charge in [0.25, 0.3) is 0 Å². The molecule has 6 aromatic carbocycles.